The van der Waals surface area contributed by atoms with Gasteiger partial charge in [0.1, 0.15) is 0 Å². The monoisotopic (exact) mass is 242 g/mol. The third-order valence-electron chi connectivity index (χ3n) is 3.89. The summed E-state index contributed by atoms with van der Waals surface area (Å²) >= 11 is 2.14. The van der Waals surface area contributed by atoms with Crippen molar-refractivity contribution in [1.29, 1.82) is 0 Å². The average molecular weight is 242 g/mol. The Balaban J connectivity index is 1.59. The first-order valence-corrected chi connectivity index (χ1v) is 7.98. The molecular formula is C13H26N2S. The Labute approximate surface area is 105 Å². The lowest BCUT2D eigenvalue weighted by atomic mass is 10.1. The molecule has 0 aromatic carbocycles. The van der Waals surface area contributed by atoms with Crippen LogP contribution in [-0.2, 0) is 0 Å². The molecule has 2 aliphatic rings. The van der Waals surface area contributed by atoms with Crippen molar-refractivity contribution < 1.29 is 0 Å². The van der Waals surface area contributed by atoms with E-state index in [-0.39, 0.29) is 0 Å². The number of rotatable bonds is 4. The molecule has 0 spiro atoms. The van der Waals surface area contributed by atoms with Gasteiger partial charge >= 0.3 is 0 Å². The van der Waals surface area contributed by atoms with Crippen LogP contribution in [0.1, 0.15) is 39.0 Å². The summed E-state index contributed by atoms with van der Waals surface area (Å²) in [4.78, 5) is 2.62. The first-order valence-electron chi connectivity index (χ1n) is 6.93. The van der Waals surface area contributed by atoms with Crippen LogP contribution in [0.4, 0.5) is 0 Å². The Morgan fingerprint density at radius 1 is 1.19 bits per heavy atom. The van der Waals surface area contributed by atoms with Crippen molar-refractivity contribution in [2.45, 2.75) is 50.3 Å². The maximum Gasteiger partial charge on any atom is 0.0184 e. The van der Waals surface area contributed by atoms with E-state index >= 15 is 0 Å². The quantitative estimate of drug-likeness (QED) is 0.815. The van der Waals surface area contributed by atoms with Crippen LogP contribution in [0, 0.1) is 0 Å². The van der Waals surface area contributed by atoms with Crippen LogP contribution in [0.5, 0.6) is 0 Å². The Hall–Kier alpha value is 0.270. The molecule has 94 valence electrons. The molecule has 2 heterocycles. The van der Waals surface area contributed by atoms with E-state index in [2.05, 4.69) is 28.9 Å². The molecule has 2 atom stereocenters. The molecule has 16 heavy (non-hydrogen) atoms. The highest BCUT2D eigenvalue weighted by Crippen LogP contribution is 2.24. The molecule has 2 nitrogen and oxygen atoms in total. The van der Waals surface area contributed by atoms with Gasteiger partial charge in [-0.05, 0) is 44.5 Å². The van der Waals surface area contributed by atoms with E-state index in [4.69, 9.17) is 0 Å². The van der Waals surface area contributed by atoms with E-state index in [0.717, 1.165) is 11.3 Å². The molecule has 0 bridgehead atoms. The molecule has 0 amide bonds. The molecule has 2 rings (SSSR count). The summed E-state index contributed by atoms with van der Waals surface area (Å²) < 4.78 is 0. The highest BCUT2D eigenvalue weighted by Gasteiger charge is 2.21. The Bertz CT molecular complexity index is 192. The number of thioether (sulfide) groups is 1. The first-order chi connectivity index (χ1) is 7.86. The smallest absolute Gasteiger partial charge is 0.0184 e. The Morgan fingerprint density at radius 2 is 2.00 bits per heavy atom. The summed E-state index contributed by atoms with van der Waals surface area (Å²) in [6, 6.07) is 0.767. The zero-order valence-corrected chi connectivity index (χ0v) is 11.4. The van der Waals surface area contributed by atoms with Crippen LogP contribution in [-0.4, -0.2) is 48.1 Å². The minimum absolute atomic E-state index is 0.767. The van der Waals surface area contributed by atoms with Crippen molar-refractivity contribution in [3.05, 3.63) is 0 Å². The molecule has 0 radical (unpaired) electrons. The van der Waals surface area contributed by atoms with E-state index in [0.29, 0.717) is 0 Å². The number of hydrogen-bond acceptors (Lipinski definition) is 3. The standard InChI is InChI=1S/C13H26N2S/c1-12-13(6-5-11-16-12)14-7-10-15-8-3-2-4-9-15/h12-14H,2-11H2,1H3. The van der Waals surface area contributed by atoms with Crippen molar-refractivity contribution in [2.75, 3.05) is 31.9 Å². The van der Waals surface area contributed by atoms with E-state index in [1.165, 1.54) is 64.0 Å². The third-order valence-corrected chi connectivity index (χ3v) is 5.27. The Morgan fingerprint density at radius 3 is 2.75 bits per heavy atom. The van der Waals surface area contributed by atoms with Crippen molar-refractivity contribution in [1.82, 2.24) is 10.2 Å². The van der Waals surface area contributed by atoms with E-state index in [1.807, 2.05) is 0 Å². The lowest BCUT2D eigenvalue weighted by molar-refractivity contribution is 0.225. The number of nitrogens with zero attached hydrogens (tertiary/aromatic N) is 1. The van der Waals surface area contributed by atoms with Crippen LogP contribution in [0.25, 0.3) is 0 Å². The molecule has 3 heteroatoms. The molecule has 1 N–H and O–H groups in total. The van der Waals surface area contributed by atoms with Gasteiger partial charge in [0.15, 0.2) is 0 Å². The van der Waals surface area contributed by atoms with Gasteiger partial charge in [-0.25, -0.2) is 0 Å². The third kappa shape index (κ3) is 3.94. The van der Waals surface area contributed by atoms with Gasteiger partial charge in [-0.1, -0.05) is 13.3 Å². The van der Waals surface area contributed by atoms with Gasteiger partial charge in [-0.2, -0.15) is 11.8 Å². The Kier molecular flexibility index (Phi) is 5.46. The van der Waals surface area contributed by atoms with E-state index < -0.39 is 0 Å². The van der Waals surface area contributed by atoms with Gasteiger partial charge in [0.2, 0.25) is 0 Å². The molecule has 2 fully saturated rings. The molecule has 2 aliphatic heterocycles. The topological polar surface area (TPSA) is 15.3 Å². The number of likely N-dealkylation sites (tertiary alicyclic amines) is 1. The fourth-order valence-electron chi connectivity index (χ4n) is 2.78. The van der Waals surface area contributed by atoms with Crippen molar-refractivity contribution in [3.63, 3.8) is 0 Å². The van der Waals surface area contributed by atoms with Crippen LogP contribution in [0.2, 0.25) is 0 Å². The largest absolute Gasteiger partial charge is 0.312 e. The summed E-state index contributed by atoms with van der Waals surface area (Å²) in [5.41, 5.74) is 0. The highest BCUT2D eigenvalue weighted by atomic mass is 32.2. The van der Waals surface area contributed by atoms with Gasteiger partial charge in [-0.15, -0.1) is 0 Å². The normalized spacial score (nSPS) is 32.8. The van der Waals surface area contributed by atoms with Gasteiger partial charge in [0.05, 0.1) is 0 Å². The van der Waals surface area contributed by atoms with Gasteiger partial charge in [-0.3, -0.25) is 0 Å². The minimum atomic E-state index is 0.767. The second-order valence-electron chi connectivity index (χ2n) is 5.18. The SMILES string of the molecule is CC1SCCCC1NCCN1CCCCC1. The number of hydrogen-bond donors (Lipinski definition) is 1. The van der Waals surface area contributed by atoms with Crippen molar-refractivity contribution in [2.24, 2.45) is 0 Å². The lowest BCUT2D eigenvalue weighted by Crippen LogP contribution is -2.43. The van der Waals surface area contributed by atoms with E-state index in [9.17, 15) is 0 Å². The molecule has 2 saturated heterocycles. The number of piperidine rings is 1. The predicted octanol–water partition coefficient (Wildman–Crippen LogP) is 2.35. The summed E-state index contributed by atoms with van der Waals surface area (Å²) in [5, 5.41) is 4.57. The van der Waals surface area contributed by atoms with Gasteiger partial charge < -0.3 is 10.2 Å². The zero-order valence-electron chi connectivity index (χ0n) is 10.6. The van der Waals surface area contributed by atoms with E-state index in [1.54, 1.807) is 0 Å². The second kappa shape index (κ2) is 6.87. The van der Waals surface area contributed by atoms with Crippen molar-refractivity contribution >= 4 is 11.8 Å². The number of nitrogens with one attached hydrogen (secondary N) is 1. The molecule has 0 aliphatic carbocycles. The maximum atomic E-state index is 3.76. The zero-order chi connectivity index (χ0) is 11.2. The minimum Gasteiger partial charge on any atom is -0.312 e. The van der Waals surface area contributed by atoms with Crippen molar-refractivity contribution in [3.8, 4) is 0 Å². The first kappa shape index (κ1) is 12.7. The van der Waals surface area contributed by atoms with Crippen LogP contribution in [0.3, 0.4) is 0 Å². The molecule has 0 aromatic heterocycles. The van der Waals surface area contributed by atoms with Gasteiger partial charge in [0, 0.05) is 24.4 Å². The molecule has 0 aromatic rings. The maximum absolute atomic E-state index is 3.76. The van der Waals surface area contributed by atoms with Crippen LogP contribution < -0.4 is 5.32 Å². The highest BCUT2D eigenvalue weighted by molar-refractivity contribution is 7.99. The molecule has 2 unspecified atom stereocenters. The second-order valence-corrected chi connectivity index (χ2v) is 6.67. The lowest BCUT2D eigenvalue weighted by Gasteiger charge is -2.31. The fourth-order valence-corrected chi connectivity index (χ4v) is 3.95. The summed E-state index contributed by atoms with van der Waals surface area (Å²) in [5.74, 6) is 1.37. The van der Waals surface area contributed by atoms with Crippen LogP contribution >= 0.6 is 11.8 Å². The van der Waals surface area contributed by atoms with Gasteiger partial charge in [0.25, 0.3) is 0 Å². The predicted molar refractivity (Wildman–Crippen MR) is 73.2 cm³/mol. The average Bonchev–Trinajstić information content (AvgIpc) is 2.33. The summed E-state index contributed by atoms with van der Waals surface area (Å²) in [6.45, 7) is 7.49. The fraction of sp³-hybridized carbons (Fsp3) is 1.00. The van der Waals surface area contributed by atoms with Crippen LogP contribution in [0.15, 0.2) is 0 Å². The summed E-state index contributed by atoms with van der Waals surface area (Å²) in [6.07, 6.45) is 7.05. The molecule has 0 saturated carbocycles. The molecular weight excluding hydrogens is 216 g/mol. The summed E-state index contributed by atoms with van der Waals surface area (Å²) in [7, 11) is 0.